The molecule has 2 heterocycles. The molecule has 296 valence electrons. The second-order valence-electron chi connectivity index (χ2n) is 18.7. The van der Waals surface area contributed by atoms with E-state index in [-0.39, 0.29) is 30.2 Å². The van der Waals surface area contributed by atoms with Gasteiger partial charge >= 0.3 is 6.03 Å². The predicted molar refractivity (Wildman–Crippen MR) is 230 cm³/mol. The third-order valence-corrected chi connectivity index (χ3v) is 20.2. The summed E-state index contributed by atoms with van der Waals surface area (Å²) in [5, 5.41) is 0. The van der Waals surface area contributed by atoms with Crippen molar-refractivity contribution in [3.05, 3.63) is 0 Å². The Morgan fingerprint density at radius 3 is 1.25 bits per heavy atom. The van der Waals surface area contributed by atoms with Crippen LogP contribution in [0.1, 0.15) is 118 Å². The van der Waals surface area contributed by atoms with E-state index in [2.05, 4.69) is 137 Å². The third-order valence-electron chi connectivity index (χ3n) is 10.1. The zero-order chi connectivity index (χ0) is 39.0. The number of likely N-dealkylation sites (N-methyl/N-ethyl adjacent to an activating group) is 1. The first-order valence-corrected chi connectivity index (χ1v) is 25.4. The highest BCUT2D eigenvalue weighted by atomic mass is 31.2. The molecule has 9 nitrogen and oxygen atoms in total. The highest BCUT2D eigenvalue weighted by Gasteiger charge is 2.47. The number of hydrogen-bond donors (Lipinski definition) is 0. The van der Waals surface area contributed by atoms with Crippen molar-refractivity contribution in [2.75, 3.05) is 84.5 Å². The highest BCUT2D eigenvalue weighted by molar-refractivity contribution is 7.76. The van der Waals surface area contributed by atoms with Gasteiger partial charge in [0.25, 0.3) is 0 Å². The van der Waals surface area contributed by atoms with Crippen molar-refractivity contribution in [1.29, 1.82) is 0 Å². The van der Waals surface area contributed by atoms with Crippen LogP contribution in [0.25, 0.3) is 0 Å². The van der Waals surface area contributed by atoms with E-state index in [9.17, 15) is 4.79 Å². The molecule has 0 radical (unpaired) electrons. The Labute approximate surface area is 317 Å². The standard InChI is InChI=1S/C40H82N8OP2/c1-19-50(22-29(2)3,23-30(4)5)27-46(33(10)11)37-41-38(43-39(42-37)48(35(14)15)36(16)17)47(34(12)13)28-51(24-31(6)7,25-32(8)9)26-45-21-20-44(18)40(45)49/h29-36H,19-28H2,1-18H3/q+2. The van der Waals surface area contributed by atoms with E-state index in [0.29, 0.717) is 23.7 Å². The molecule has 0 unspecified atom stereocenters. The summed E-state index contributed by atoms with van der Waals surface area (Å²) in [6.45, 7) is 41.2. The molecule has 0 aromatic carbocycles. The molecule has 2 rings (SSSR count). The van der Waals surface area contributed by atoms with Gasteiger partial charge in [0, 0.05) is 51.6 Å². The number of rotatable bonds is 22. The van der Waals surface area contributed by atoms with Gasteiger partial charge in [-0.05, 0) is 86.0 Å². The normalized spacial score (nSPS) is 14.7. The molecule has 0 N–H and O–H groups in total. The van der Waals surface area contributed by atoms with Crippen molar-refractivity contribution in [1.82, 2.24) is 24.8 Å². The smallest absolute Gasteiger partial charge is 0.322 e. The summed E-state index contributed by atoms with van der Waals surface area (Å²) < 4.78 is 0. The summed E-state index contributed by atoms with van der Waals surface area (Å²) in [5.41, 5.74) is 0. The zero-order valence-corrected chi connectivity index (χ0v) is 38.4. The fourth-order valence-electron chi connectivity index (χ4n) is 8.53. The SMILES string of the molecule is CC[P+](CC(C)C)(CC(C)C)CN(c1nc(N(C[P+](CC(C)C)(CC(C)C)CN2CCN(C)C2=O)C(C)C)nc(N(C(C)C)C(C)C)n1)C(C)C. The summed E-state index contributed by atoms with van der Waals surface area (Å²) >= 11 is 0. The lowest BCUT2D eigenvalue weighted by atomic mass is 10.2. The zero-order valence-electron chi connectivity index (χ0n) is 36.6. The van der Waals surface area contributed by atoms with Crippen LogP contribution in [0.15, 0.2) is 0 Å². The van der Waals surface area contributed by atoms with Gasteiger partial charge in [0.1, 0.15) is 18.9 Å². The Kier molecular flexibility index (Phi) is 17.7. The average Bonchev–Trinajstić information content (AvgIpc) is 3.28. The summed E-state index contributed by atoms with van der Waals surface area (Å²) in [6.07, 6.45) is 8.89. The minimum Gasteiger partial charge on any atom is -0.336 e. The second-order valence-corrected chi connectivity index (χ2v) is 27.0. The van der Waals surface area contributed by atoms with E-state index < -0.39 is 14.5 Å². The molecule has 0 atom stereocenters. The topological polar surface area (TPSA) is 71.9 Å². The van der Waals surface area contributed by atoms with Crippen molar-refractivity contribution in [2.45, 2.75) is 142 Å². The molecular weight excluding hydrogens is 670 g/mol. The van der Waals surface area contributed by atoms with Crippen LogP contribution in [0, 0.1) is 23.7 Å². The summed E-state index contributed by atoms with van der Waals surface area (Å²) in [4.78, 5) is 41.1. The summed E-state index contributed by atoms with van der Waals surface area (Å²) in [6, 6.07) is 1.10. The monoisotopic (exact) mass is 753 g/mol. The first kappa shape index (κ1) is 45.7. The number of urea groups is 1. The van der Waals surface area contributed by atoms with Gasteiger partial charge in [-0.15, -0.1) is 0 Å². The van der Waals surface area contributed by atoms with Gasteiger partial charge in [-0.1, -0.05) is 55.4 Å². The lowest BCUT2D eigenvalue weighted by Crippen LogP contribution is -2.43. The minimum atomic E-state index is -1.72. The van der Waals surface area contributed by atoms with E-state index in [1.54, 1.807) is 0 Å². The highest BCUT2D eigenvalue weighted by Crippen LogP contribution is 2.63. The molecule has 2 amide bonds. The summed E-state index contributed by atoms with van der Waals surface area (Å²) in [5.74, 6) is 4.77. The first-order chi connectivity index (χ1) is 23.6. The molecule has 1 aliphatic heterocycles. The van der Waals surface area contributed by atoms with Gasteiger partial charge in [0.05, 0.1) is 38.1 Å². The predicted octanol–water partition coefficient (Wildman–Crippen LogP) is 9.84. The van der Waals surface area contributed by atoms with Crippen LogP contribution < -0.4 is 14.7 Å². The molecule has 1 aromatic rings. The lowest BCUT2D eigenvalue weighted by Gasteiger charge is -2.40. The maximum atomic E-state index is 13.4. The van der Waals surface area contributed by atoms with Crippen LogP contribution in [0.2, 0.25) is 0 Å². The van der Waals surface area contributed by atoms with Crippen LogP contribution in [0.4, 0.5) is 22.6 Å². The van der Waals surface area contributed by atoms with Crippen molar-refractivity contribution in [3.8, 4) is 0 Å². The molecular formula is C40H82N8OP2+2. The van der Waals surface area contributed by atoms with Gasteiger partial charge in [0.2, 0.25) is 17.8 Å². The number of carbonyl (C=O) groups is 1. The molecule has 0 aliphatic carbocycles. The Hall–Kier alpha value is -1.46. The van der Waals surface area contributed by atoms with Crippen LogP contribution in [-0.2, 0) is 0 Å². The first-order valence-electron chi connectivity index (χ1n) is 20.3. The molecule has 0 spiro atoms. The fourth-order valence-corrected chi connectivity index (χ4v) is 19.7. The van der Waals surface area contributed by atoms with Crippen molar-refractivity contribution >= 4 is 38.4 Å². The van der Waals surface area contributed by atoms with Crippen LogP contribution in [0.3, 0.4) is 0 Å². The number of nitrogens with zero attached hydrogens (tertiary/aromatic N) is 8. The second kappa shape index (κ2) is 19.7. The molecule has 0 bridgehead atoms. The molecule has 11 heteroatoms. The van der Waals surface area contributed by atoms with Gasteiger partial charge in [-0.2, -0.15) is 15.0 Å². The maximum Gasteiger partial charge on any atom is 0.322 e. The number of amides is 2. The number of carbonyl (C=O) groups excluding carboxylic acids is 1. The Balaban J connectivity index is 2.89. The van der Waals surface area contributed by atoms with E-state index in [1.165, 1.54) is 18.5 Å². The van der Waals surface area contributed by atoms with E-state index in [0.717, 1.165) is 62.1 Å². The van der Waals surface area contributed by atoms with Gasteiger partial charge in [-0.25, -0.2) is 4.79 Å². The van der Waals surface area contributed by atoms with E-state index in [1.807, 2.05) is 11.9 Å². The van der Waals surface area contributed by atoms with Gasteiger partial charge in [0.15, 0.2) is 0 Å². The largest absolute Gasteiger partial charge is 0.336 e. The Morgan fingerprint density at radius 1 is 0.569 bits per heavy atom. The number of aromatic nitrogens is 3. The Morgan fingerprint density at radius 2 is 0.941 bits per heavy atom. The minimum absolute atomic E-state index is 0.176. The Bertz CT molecular complexity index is 1180. The molecule has 1 saturated heterocycles. The van der Waals surface area contributed by atoms with Gasteiger partial charge < -0.3 is 19.6 Å². The van der Waals surface area contributed by atoms with Crippen molar-refractivity contribution in [2.24, 2.45) is 23.7 Å². The van der Waals surface area contributed by atoms with Crippen LogP contribution in [0.5, 0.6) is 0 Å². The lowest BCUT2D eigenvalue weighted by molar-refractivity contribution is 0.203. The molecule has 1 fully saturated rings. The number of anilines is 3. The van der Waals surface area contributed by atoms with Gasteiger partial charge in [-0.3, -0.25) is 4.90 Å². The fraction of sp³-hybridized carbons (Fsp3) is 0.900. The number of hydrogen-bond acceptors (Lipinski definition) is 7. The molecule has 1 aliphatic rings. The molecule has 0 saturated carbocycles. The summed E-state index contributed by atoms with van der Waals surface area (Å²) in [7, 11) is -1.11. The van der Waals surface area contributed by atoms with E-state index >= 15 is 0 Å². The average molecular weight is 753 g/mol. The quantitative estimate of drug-likeness (QED) is 0.109. The maximum absolute atomic E-state index is 13.4. The van der Waals surface area contributed by atoms with Crippen molar-refractivity contribution < 1.29 is 4.79 Å². The molecule has 51 heavy (non-hydrogen) atoms. The van der Waals surface area contributed by atoms with Crippen LogP contribution >= 0.6 is 14.5 Å². The third kappa shape index (κ3) is 13.1. The van der Waals surface area contributed by atoms with E-state index in [4.69, 9.17) is 15.0 Å². The van der Waals surface area contributed by atoms with Crippen molar-refractivity contribution in [3.63, 3.8) is 0 Å². The molecule has 1 aromatic heterocycles. The van der Waals surface area contributed by atoms with Crippen LogP contribution in [-0.4, -0.2) is 125 Å².